The molecule has 1 aliphatic heterocycles. The zero-order valence-electron chi connectivity index (χ0n) is 16.4. The summed E-state index contributed by atoms with van der Waals surface area (Å²) in [6.07, 6.45) is 6.49. The van der Waals surface area contributed by atoms with Gasteiger partial charge >= 0.3 is 0 Å². The highest BCUT2D eigenvalue weighted by atomic mass is 16.5. The van der Waals surface area contributed by atoms with Crippen molar-refractivity contribution in [3.8, 4) is 11.5 Å². The van der Waals surface area contributed by atoms with Crippen molar-refractivity contribution in [1.29, 1.82) is 0 Å². The van der Waals surface area contributed by atoms with Gasteiger partial charge < -0.3 is 20.1 Å². The summed E-state index contributed by atoms with van der Waals surface area (Å²) in [6.45, 7) is 7.48. The Morgan fingerprint density at radius 1 is 1.15 bits per heavy atom. The van der Waals surface area contributed by atoms with Crippen molar-refractivity contribution < 1.29 is 9.47 Å². The fourth-order valence-electron chi connectivity index (χ4n) is 3.47. The van der Waals surface area contributed by atoms with Crippen LogP contribution in [0.1, 0.15) is 39.0 Å². The molecule has 0 unspecified atom stereocenters. The Morgan fingerprint density at radius 3 is 2.70 bits per heavy atom. The first-order valence-corrected chi connectivity index (χ1v) is 10.5. The van der Waals surface area contributed by atoms with E-state index in [9.17, 15) is 0 Å². The number of aliphatic imine (C=N–C) groups is 1. The van der Waals surface area contributed by atoms with Gasteiger partial charge in [0.15, 0.2) is 17.5 Å². The summed E-state index contributed by atoms with van der Waals surface area (Å²) in [7, 11) is 0. The number of nitrogens with zero attached hydrogens (tertiary/aromatic N) is 2. The zero-order chi connectivity index (χ0) is 18.5. The van der Waals surface area contributed by atoms with E-state index in [4.69, 9.17) is 14.5 Å². The summed E-state index contributed by atoms with van der Waals surface area (Å²) in [5, 5.41) is 6.75. The molecule has 2 fully saturated rings. The SMILES string of the molecule is CCNC(=NCCN(CC1CC1)C1CC1)Nc1ccc2c(c1)OCCCO2. The maximum absolute atomic E-state index is 5.79. The number of nitrogens with one attached hydrogen (secondary N) is 2. The second kappa shape index (κ2) is 8.83. The van der Waals surface area contributed by atoms with Crippen molar-refractivity contribution in [1.82, 2.24) is 10.2 Å². The third-order valence-corrected chi connectivity index (χ3v) is 5.26. The minimum absolute atomic E-state index is 0.697. The predicted octanol–water partition coefficient (Wildman–Crippen LogP) is 3.10. The number of benzene rings is 1. The largest absolute Gasteiger partial charge is 0.490 e. The van der Waals surface area contributed by atoms with Gasteiger partial charge in [-0.1, -0.05) is 0 Å². The van der Waals surface area contributed by atoms with Crippen LogP contribution >= 0.6 is 0 Å². The van der Waals surface area contributed by atoms with E-state index in [1.165, 1.54) is 32.2 Å². The minimum atomic E-state index is 0.697. The van der Waals surface area contributed by atoms with Crippen LogP contribution in [0.3, 0.4) is 0 Å². The second-order valence-electron chi connectivity index (χ2n) is 7.77. The summed E-state index contributed by atoms with van der Waals surface area (Å²) < 4.78 is 11.5. The Kier molecular flexibility index (Phi) is 6.02. The highest BCUT2D eigenvalue weighted by Gasteiger charge is 2.33. The molecule has 1 heterocycles. The lowest BCUT2D eigenvalue weighted by Crippen LogP contribution is -2.34. The van der Waals surface area contributed by atoms with E-state index in [1.54, 1.807) is 0 Å². The molecule has 0 saturated heterocycles. The Morgan fingerprint density at radius 2 is 1.96 bits per heavy atom. The molecule has 1 aromatic carbocycles. The van der Waals surface area contributed by atoms with Gasteiger partial charge in [-0.25, -0.2) is 0 Å². The molecule has 0 atom stereocenters. The van der Waals surface area contributed by atoms with Crippen LogP contribution in [0.15, 0.2) is 23.2 Å². The molecule has 2 N–H and O–H groups in total. The van der Waals surface area contributed by atoms with E-state index in [0.29, 0.717) is 13.2 Å². The van der Waals surface area contributed by atoms with Crippen LogP contribution in [0.2, 0.25) is 0 Å². The lowest BCUT2D eigenvalue weighted by atomic mass is 10.3. The maximum Gasteiger partial charge on any atom is 0.195 e. The van der Waals surface area contributed by atoms with Gasteiger partial charge in [0.2, 0.25) is 0 Å². The number of rotatable bonds is 8. The molecular weight excluding hydrogens is 340 g/mol. The molecule has 27 heavy (non-hydrogen) atoms. The molecule has 6 heteroatoms. The molecule has 4 rings (SSSR count). The summed E-state index contributed by atoms with van der Waals surface area (Å²) in [4.78, 5) is 7.45. The van der Waals surface area contributed by atoms with Crippen LogP contribution in [-0.4, -0.2) is 56.3 Å². The third kappa shape index (κ3) is 5.51. The Labute approximate surface area is 162 Å². The molecule has 0 radical (unpaired) electrons. The van der Waals surface area contributed by atoms with Crippen molar-refractivity contribution in [2.24, 2.45) is 10.9 Å². The van der Waals surface area contributed by atoms with Crippen LogP contribution in [0.25, 0.3) is 0 Å². The highest BCUT2D eigenvalue weighted by molar-refractivity contribution is 5.93. The predicted molar refractivity (Wildman–Crippen MR) is 109 cm³/mol. The zero-order valence-corrected chi connectivity index (χ0v) is 16.4. The van der Waals surface area contributed by atoms with Crippen LogP contribution in [0.4, 0.5) is 5.69 Å². The number of fused-ring (bicyclic) bond motifs is 1. The summed E-state index contributed by atoms with van der Waals surface area (Å²) in [5.74, 6) is 3.40. The molecule has 1 aromatic rings. The summed E-state index contributed by atoms with van der Waals surface area (Å²) >= 11 is 0. The monoisotopic (exact) mass is 372 g/mol. The standard InChI is InChI=1S/C21H32N4O2/c1-2-22-21(23-10-11-25(18-7-8-18)15-16-4-5-16)24-17-6-9-19-20(14-17)27-13-3-12-26-19/h6,9,14,16,18H,2-5,7-8,10-13,15H2,1H3,(H2,22,23,24). The molecule has 0 bridgehead atoms. The smallest absolute Gasteiger partial charge is 0.195 e. The van der Waals surface area contributed by atoms with Gasteiger partial charge in [-0.05, 0) is 50.7 Å². The van der Waals surface area contributed by atoms with Gasteiger partial charge in [-0.2, -0.15) is 0 Å². The van der Waals surface area contributed by atoms with E-state index in [2.05, 4.69) is 22.5 Å². The van der Waals surface area contributed by atoms with Crippen LogP contribution in [-0.2, 0) is 0 Å². The van der Waals surface area contributed by atoms with E-state index in [0.717, 1.165) is 61.2 Å². The summed E-state index contributed by atoms with van der Waals surface area (Å²) in [5.41, 5.74) is 0.968. The van der Waals surface area contributed by atoms with Crippen LogP contribution in [0, 0.1) is 5.92 Å². The number of hydrogen-bond acceptors (Lipinski definition) is 4. The molecular formula is C21H32N4O2. The third-order valence-electron chi connectivity index (χ3n) is 5.26. The Hall–Kier alpha value is -1.95. The van der Waals surface area contributed by atoms with E-state index < -0.39 is 0 Å². The number of anilines is 1. The number of hydrogen-bond donors (Lipinski definition) is 2. The average Bonchev–Trinajstić information content (AvgIpc) is 3.55. The van der Waals surface area contributed by atoms with Gasteiger partial charge in [0, 0.05) is 43.9 Å². The first-order chi connectivity index (χ1) is 13.3. The first kappa shape index (κ1) is 18.4. The van der Waals surface area contributed by atoms with Gasteiger partial charge in [-0.3, -0.25) is 9.89 Å². The van der Waals surface area contributed by atoms with Gasteiger partial charge in [-0.15, -0.1) is 0 Å². The maximum atomic E-state index is 5.79. The Balaban J connectivity index is 1.35. The molecule has 148 valence electrons. The van der Waals surface area contributed by atoms with Gasteiger partial charge in [0.1, 0.15) is 0 Å². The Bertz CT molecular complexity index is 656. The van der Waals surface area contributed by atoms with Crippen LogP contribution < -0.4 is 20.1 Å². The molecule has 3 aliphatic rings. The van der Waals surface area contributed by atoms with Crippen molar-refractivity contribution in [3.63, 3.8) is 0 Å². The van der Waals surface area contributed by atoms with E-state index in [-0.39, 0.29) is 0 Å². The highest BCUT2D eigenvalue weighted by Crippen LogP contribution is 2.34. The second-order valence-corrected chi connectivity index (χ2v) is 7.77. The normalized spacial score (nSPS) is 19.7. The minimum Gasteiger partial charge on any atom is -0.490 e. The molecule has 2 saturated carbocycles. The fourth-order valence-corrected chi connectivity index (χ4v) is 3.47. The topological polar surface area (TPSA) is 58.1 Å². The fraction of sp³-hybridized carbons (Fsp3) is 0.667. The van der Waals surface area contributed by atoms with E-state index in [1.807, 2.05) is 18.2 Å². The van der Waals surface area contributed by atoms with Crippen molar-refractivity contribution in [3.05, 3.63) is 18.2 Å². The molecule has 0 aromatic heterocycles. The molecule has 2 aliphatic carbocycles. The van der Waals surface area contributed by atoms with E-state index >= 15 is 0 Å². The summed E-state index contributed by atoms with van der Waals surface area (Å²) in [6, 6.07) is 6.80. The lowest BCUT2D eigenvalue weighted by Gasteiger charge is -2.21. The molecule has 0 spiro atoms. The first-order valence-electron chi connectivity index (χ1n) is 10.5. The van der Waals surface area contributed by atoms with Crippen molar-refractivity contribution >= 4 is 11.6 Å². The average molecular weight is 373 g/mol. The van der Waals surface area contributed by atoms with Crippen LogP contribution in [0.5, 0.6) is 11.5 Å². The quantitative estimate of drug-likeness (QED) is 0.542. The lowest BCUT2D eigenvalue weighted by molar-refractivity contribution is 0.260. The van der Waals surface area contributed by atoms with Crippen molar-refractivity contribution in [2.45, 2.75) is 45.1 Å². The molecule has 6 nitrogen and oxygen atoms in total. The number of ether oxygens (including phenoxy) is 2. The number of guanidine groups is 1. The van der Waals surface area contributed by atoms with Gasteiger partial charge in [0.05, 0.1) is 19.8 Å². The van der Waals surface area contributed by atoms with Gasteiger partial charge in [0.25, 0.3) is 0 Å². The molecule has 0 amide bonds. The van der Waals surface area contributed by atoms with Crippen molar-refractivity contribution in [2.75, 3.05) is 44.7 Å².